The minimum atomic E-state index is -4.69. The predicted molar refractivity (Wildman–Crippen MR) is 298 cm³/mol. The summed E-state index contributed by atoms with van der Waals surface area (Å²) in [6.07, 6.45) is 59.6. The first-order valence-electron chi connectivity index (χ1n) is 29.8. The molecule has 0 fully saturated rings. The summed E-state index contributed by atoms with van der Waals surface area (Å²) in [6.45, 7) is 6.83. The van der Waals surface area contributed by atoms with Crippen LogP contribution < -0.4 is 10.2 Å². The van der Waals surface area contributed by atoms with Gasteiger partial charge in [-0.15, -0.1) is 0 Å². The average molecular weight is 1010 g/mol. The number of phosphoric acid groups is 1. The number of hydrogen-bond donors (Lipinski definition) is 1. The van der Waals surface area contributed by atoms with E-state index < -0.39 is 26.6 Å². The lowest BCUT2D eigenvalue weighted by Gasteiger charge is -2.30. The quantitative estimate of drug-likeness (QED) is 0.0212. The van der Waals surface area contributed by atoms with Crippen LogP contribution in [-0.4, -0.2) is 69.4 Å². The van der Waals surface area contributed by atoms with Gasteiger partial charge in [0.15, 0.2) is 0 Å². The molecule has 9 nitrogen and oxygen atoms in total. The number of quaternary nitrogens is 1. The Bertz CT molecular complexity index is 1300. The number of rotatable bonds is 54. The summed E-state index contributed by atoms with van der Waals surface area (Å²) in [5.41, 5.74) is 0. The lowest BCUT2D eigenvalue weighted by molar-refractivity contribution is -0.870. The molecule has 0 rings (SSSR count). The van der Waals surface area contributed by atoms with Crippen molar-refractivity contribution in [2.75, 3.05) is 40.9 Å². The van der Waals surface area contributed by atoms with Gasteiger partial charge in [0.2, 0.25) is 5.91 Å². The highest BCUT2D eigenvalue weighted by molar-refractivity contribution is 7.45. The molecule has 10 heteroatoms. The van der Waals surface area contributed by atoms with Crippen molar-refractivity contribution in [1.82, 2.24) is 5.32 Å². The molecule has 0 aliphatic carbocycles. The Morgan fingerprint density at radius 2 is 0.829 bits per heavy atom. The Kier molecular flexibility index (Phi) is 49.5. The number of carbonyl (C=O) groups is 2. The van der Waals surface area contributed by atoms with Crippen LogP contribution in [0.3, 0.4) is 0 Å². The van der Waals surface area contributed by atoms with Crippen LogP contribution in [0.25, 0.3) is 0 Å². The van der Waals surface area contributed by atoms with Gasteiger partial charge in [-0.1, -0.05) is 225 Å². The van der Waals surface area contributed by atoms with Crippen molar-refractivity contribution in [1.29, 1.82) is 0 Å². The largest absolute Gasteiger partial charge is 0.756 e. The zero-order chi connectivity index (χ0) is 51.5. The number of esters is 1. The van der Waals surface area contributed by atoms with E-state index in [-0.39, 0.29) is 24.9 Å². The van der Waals surface area contributed by atoms with Gasteiger partial charge >= 0.3 is 5.97 Å². The third kappa shape index (κ3) is 51.1. The van der Waals surface area contributed by atoms with E-state index in [1.165, 1.54) is 180 Å². The van der Waals surface area contributed by atoms with Crippen LogP contribution >= 0.6 is 7.82 Å². The summed E-state index contributed by atoms with van der Waals surface area (Å²) in [4.78, 5) is 39.8. The van der Waals surface area contributed by atoms with Crippen molar-refractivity contribution in [3.63, 3.8) is 0 Å². The molecule has 0 bridgehead atoms. The first-order chi connectivity index (χ1) is 33.9. The Hall–Kier alpha value is -1.77. The molecule has 1 amide bonds. The first kappa shape index (κ1) is 68.2. The van der Waals surface area contributed by atoms with E-state index in [9.17, 15) is 19.0 Å². The second kappa shape index (κ2) is 50.7. The molecule has 1 N–H and O–H groups in total. The van der Waals surface area contributed by atoms with Gasteiger partial charge < -0.3 is 28.5 Å². The lowest BCUT2D eigenvalue weighted by Crippen LogP contribution is -2.47. The van der Waals surface area contributed by atoms with Crippen molar-refractivity contribution in [3.8, 4) is 0 Å². The highest BCUT2D eigenvalue weighted by atomic mass is 31.2. The summed E-state index contributed by atoms with van der Waals surface area (Å²) in [6, 6.07) is -0.891. The fourth-order valence-electron chi connectivity index (χ4n) is 8.63. The number of hydrogen-bond acceptors (Lipinski definition) is 7. The molecule has 0 saturated heterocycles. The van der Waals surface area contributed by atoms with Gasteiger partial charge in [-0.25, -0.2) is 0 Å². The molecular formula is C60H115N2O7P. The third-order valence-electron chi connectivity index (χ3n) is 13.3. The van der Waals surface area contributed by atoms with Crippen molar-refractivity contribution in [2.24, 2.45) is 0 Å². The highest BCUT2D eigenvalue weighted by Gasteiger charge is 2.27. The normalized spacial score (nSPS) is 14.0. The molecule has 412 valence electrons. The molecule has 3 atom stereocenters. The van der Waals surface area contributed by atoms with Crippen molar-refractivity contribution >= 4 is 19.7 Å². The van der Waals surface area contributed by atoms with Gasteiger partial charge in [0.25, 0.3) is 7.82 Å². The maximum atomic E-state index is 13.5. The molecule has 0 saturated carbocycles. The predicted octanol–water partition coefficient (Wildman–Crippen LogP) is 17.3. The van der Waals surface area contributed by atoms with Crippen LogP contribution in [0.4, 0.5) is 0 Å². The van der Waals surface area contributed by atoms with E-state index in [4.69, 9.17) is 13.8 Å². The van der Waals surface area contributed by atoms with E-state index in [0.29, 0.717) is 23.9 Å². The summed E-state index contributed by atoms with van der Waals surface area (Å²) in [5, 5.41) is 3.02. The van der Waals surface area contributed by atoms with Crippen LogP contribution in [0.1, 0.15) is 284 Å². The summed E-state index contributed by atoms with van der Waals surface area (Å²) in [7, 11) is 1.18. The smallest absolute Gasteiger partial charge is 0.306 e. The van der Waals surface area contributed by atoms with E-state index in [0.717, 1.165) is 64.2 Å². The molecule has 0 aromatic carbocycles. The standard InChI is InChI=1S/C60H115N2O7P/c1-7-10-13-16-19-22-25-27-29-30-31-32-33-34-37-40-43-46-49-52-59(63)61-57(56-68-70(65,66)67-55-54-62(4,5)6)58(51-48-45-42-39-36-24-21-18-15-12-9-3)69-60(64)53-50-47-44-41-38-35-28-26-23-20-17-14-11-8-2/h27,29,35,38,48,51,57-58H,7-26,28,30-34,36-37,39-47,49-50,52-56H2,1-6H3,(H-,61,63,65,66)/b29-27+,38-35-,51-48-. The van der Waals surface area contributed by atoms with Crippen molar-refractivity contribution < 1.29 is 37.3 Å². The Balaban J connectivity index is 5.26. The number of phosphoric ester groups is 1. The molecule has 0 aromatic rings. The molecule has 0 spiro atoms. The minimum absolute atomic E-state index is 0.0235. The average Bonchev–Trinajstić information content (AvgIpc) is 3.32. The van der Waals surface area contributed by atoms with Gasteiger partial charge in [-0.3, -0.25) is 14.2 Å². The lowest BCUT2D eigenvalue weighted by atomic mass is 10.0. The molecule has 0 radical (unpaired) electrons. The molecule has 0 aliphatic rings. The van der Waals surface area contributed by atoms with Crippen LogP contribution in [-0.2, 0) is 27.9 Å². The number of ether oxygens (including phenoxy) is 1. The first-order valence-corrected chi connectivity index (χ1v) is 31.3. The molecule has 3 unspecified atom stereocenters. The summed E-state index contributed by atoms with van der Waals surface area (Å²) >= 11 is 0. The highest BCUT2D eigenvalue weighted by Crippen LogP contribution is 2.38. The van der Waals surface area contributed by atoms with Gasteiger partial charge in [0.05, 0.1) is 33.8 Å². The number of unbranched alkanes of at least 4 members (excludes halogenated alkanes) is 34. The maximum Gasteiger partial charge on any atom is 0.306 e. The van der Waals surface area contributed by atoms with Crippen LogP contribution in [0.15, 0.2) is 36.5 Å². The van der Waals surface area contributed by atoms with Gasteiger partial charge in [0, 0.05) is 12.8 Å². The van der Waals surface area contributed by atoms with Crippen LogP contribution in [0.5, 0.6) is 0 Å². The Labute approximate surface area is 434 Å². The number of carbonyl (C=O) groups excluding carboxylic acids is 2. The minimum Gasteiger partial charge on any atom is -0.756 e. The van der Waals surface area contributed by atoms with Crippen molar-refractivity contribution in [3.05, 3.63) is 36.5 Å². The maximum absolute atomic E-state index is 13.5. The number of amides is 1. The second-order valence-corrected chi connectivity index (χ2v) is 22.9. The summed E-state index contributed by atoms with van der Waals surface area (Å²) < 4.78 is 30.2. The fourth-order valence-corrected chi connectivity index (χ4v) is 9.35. The van der Waals surface area contributed by atoms with Gasteiger partial charge in [-0.2, -0.15) is 0 Å². The van der Waals surface area contributed by atoms with E-state index in [1.807, 2.05) is 33.3 Å². The zero-order valence-electron chi connectivity index (χ0n) is 47.0. The van der Waals surface area contributed by atoms with Crippen LogP contribution in [0.2, 0.25) is 0 Å². The molecule has 0 heterocycles. The number of likely N-dealkylation sites (N-methyl/N-ethyl adjacent to an activating group) is 1. The zero-order valence-corrected chi connectivity index (χ0v) is 47.9. The Morgan fingerprint density at radius 3 is 1.23 bits per heavy atom. The Morgan fingerprint density at radius 1 is 0.486 bits per heavy atom. The molecule has 0 aliphatic heterocycles. The number of nitrogens with one attached hydrogen (secondary N) is 1. The van der Waals surface area contributed by atoms with Gasteiger partial charge in [0.1, 0.15) is 19.3 Å². The second-order valence-electron chi connectivity index (χ2n) is 21.5. The third-order valence-corrected chi connectivity index (χ3v) is 14.3. The number of allylic oxidation sites excluding steroid dienone is 5. The van der Waals surface area contributed by atoms with E-state index in [2.05, 4.69) is 50.4 Å². The summed E-state index contributed by atoms with van der Waals surface area (Å²) in [5.74, 6) is -0.554. The van der Waals surface area contributed by atoms with Crippen molar-refractivity contribution in [2.45, 2.75) is 296 Å². The van der Waals surface area contributed by atoms with Gasteiger partial charge in [-0.05, 0) is 83.1 Å². The fraction of sp³-hybridized carbons (Fsp3) is 0.867. The molecular weight excluding hydrogens is 892 g/mol. The molecule has 70 heavy (non-hydrogen) atoms. The SMILES string of the molecule is CCCCCCCC/C=C/CCCCCCCCCCCC(=O)NC(COP(=O)([O-])OCC[N+](C)(C)C)C(/C=C\CCCCCCCCCCC)OC(=O)CCCCC/C=C\CCCCCCCCC. The number of nitrogens with zero attached hydrogens (tertiary/aromatic N) is 1. The molecule has 0 aromatic heterocycles. The monoisotopic (exact) mass is 1010 g/mol. The van der Waals surface area contributed by atoms with E-state index >= 15 is 0 Å². The van der Waals surface area contributed by atoms with E-state index in [1.54, 1.807) is 0 Å². The topological polar surface area (TPSA) is 114 Å². The van der Waals surface area contributed by atoms with Crippen LogP contribution in [0, 0.1) is 0 Å².